The van der Waals surface area contributed by atoms with Gasteiger partial charge in [-0.15, -0.1) is 0 Å². The van der Waals surface area contributed by atoms with Crippen molar-refractivity contribution in [2.75, 3.05) is 13.2 Å². The molecule has 3 aliphatic heterocycles. The van der Waals surface area contributed by atoms with E-state index in [4.69, 9.17) is 37.9 Å². The third kappa shape index (κ3) is 6.55. The molecule has 6 atom stereocenters. The molecule has 0 aliphatic carbocycles. The van der Waals surface area contributed by atoms with E-state index in [1.807, 2.05) is 0 Å². The Morgan fingerprint density at radius 2 is 1.35 bits per heavy atom. The van der Waals surface area contributed by atoms with Crippen LogP contribution in [0.15, 0.2) is 60.7 Å². The Kier molecular flexibility index (Phi) is 8.29. The average molecular weight is 601 g/mol. The van der Waals surface area contributed by atoms with E-state index in [9.17, 15) is 24.3 Å². The number of rotatable bonds is 8. The van der Waals surface area contributed by atoms with Crippen LogP contribution in [0.25, 0.3) is 0 Å². The quantitative estimate of drug-likeness (QED) is 0.348. The highest BCUT2D eigenvalue weighted by Gasteiger charge is 2.65. The third-order valence-electron chi connectivity index (χ3n) is 6.97. The first-order valence-electron chi connectivity index (χ1n) is 13.6. The minimum absolute atomic E-state index is 0.00944. The Hall–Kier alpha value is -3.88. The second-order valence-corrected chi connectivity index (χ2v) is 11.1. The minimum Gasteiger partial charge on any atom is -0.478 e. The fourth-order valence-corrected chi connectivity index (χ4v) is 5.10. The van der Waals surface area contributed by atoms with E-state index in [-0.39, 0.29) is 24.3 Å². The van der Waals surface area contributed by atoms with E-state index in [0.29, 0.717) is 0 Å². The van der Waals surface area contributed by atoms with Crippen molar-refractivity contribution in [1.29, 1.82) is 0 Å². The normalized spacial score (nSPS) is 28.3. The molecule has 0 unspecified atom stereocenters. The number of carbonyl (C=O) groups excluding carboxylic acids is 3. The first kappa shape index (κ1) is 30.6. The van der Waals surface area contributed by atoms with Crippen LogP contribution in [0.1, 0.15) is 48.4 Å². The van der Waals surface area contributed by atoms with Crippen LogP contribution < -0.4 is 0 Å². The number of hydrogen-bond acceptors (Lipinski definition) is 12. The number of carboxylic acid groups (broad SMARTS) is 1. The minimum atomic E-state index is -2.29. The monoisotopic (exact) mass is 600 g/mol. The lowest BCUT2D eigenvalue weighted by Crippen LogP contribution is -2.64. The number of fused-ring (bicyclic) bond motifs is 1. The molecule has 2 aromatic carbocycles. The highest BCUT2D eigenvalue weighted by molar-refractivity contribution is 5.95. The Labute approximate surface area is 246 Å². The van der Waals surface area contributed by atoms with Crippen LogP contribution in [0.2, 0.25) is 0 Å². The van der Waals surface area contributed by atoms with Crippen molar-refractivity contribution < 1.29 is 62.2 Å². The summed E-state index contributed by atoms with van der Waals surface area (Å²) in [5.41, 5.74) is 0.0233. The standard InChI is InChI=1S/C30H32O13/c1-28(2)37-16-30(43-28)23(20-19(15-36-30)41-29(3,4)42-20)40-27(35)22(39-26(34)18-13-9-6-10-14-18)21(24(31)32)38-25(33)17-11-7-5-8-12-17/h5-14,19-23H,15-16H2,1-4H3,(H,31,32)/t19-,20-,21+,22+,23+,30+/m1/s1. The fourth-order valence-electron chi connectivity index (χ4n) is 5.10. The lowest BCUT2D eigenvalue weighted by molar-refractivity contribution is -0.329. The maximum absolute atomic E-state index is 13.9. The molecule has 3 heterocycles. The van der Waals surface area contributed by atoms with Gasteiger partial charge in [-0.25, -0.2) is 19.2 Å². The van der Waals surface area contributed by atoms with Crippen molar-refractivity contribution >= 4 is 23.9 Å². The molecule has 0 radical (unpaired) electrons. The molecule has 3 aliphatic rings. The average Bonchev–Trinajstić information content (AvgIpc) is 3.46. The fraction of sp³-hybridized carbons (Fsp3) is 0.467. The number of benzene rings is 2. The van der Waals surface area contributed by atoms with E-state index < -0.39 is 71.8 Å². The van der Waals surface area contributed by atoms with Crippen molar-refractivity contribution in [2.24, 2.45) is 0 Å². The van der Waals surface area contributed by atoms with Gasteiger partial charge in [0.25, 0.3) is 0 Å². The topological polar surface area (TPSA) is 162 Å². The number of hydrogen-bond donors (Lipinski definition) is 1. The summed E-state index contributed by atoms with van der Waals surface area (Å²) in [5, 5.41) is 10.1. The van der Waals surface area contributed by atoms with E-state index in [0.717, 1.165) is 0 Å². The maximum Gasteiger partial charge on any atom is 0.352 e. The Balaban J connectivity index is 1.48. The van der Waals surface area contributed by atoms with Crippen molar-refractivity contribution in [1.82, 2.24) is 0 Å². The zero-order valence-electron chi connectivity index (χ0n) is 23.9. The van der Waals surface area contributed by atoms with Gasteiger partial charge in [-0.2, -0.15) is 0 Å². The van der Waals surface area contributed by atoms with Gasteiger partial charge in [0.15, 0.2) is 17.7 Å². The summed E-state index contributed by atoms with van der Waals surface area (Å²) in [6.07, 6.45) is -7.55. The highest BCUT2D eigenvalue weighted by Crippen LogP contribution is 2.45. The molecule has 2 aromatic rings. The predicted molar refractivity (Wildman–Crippen MR) is 142 cm³/mol. The van der Waals surface area contributed by atoms with Gasteiger partial charge in [0.2, 0.25) is 18.0 Å². The number of esters is 3. The van der Waals surface area contributed by atoms with Gasteiger partial charge in [0.05, 0.1) is 17.7 Å². The van der Waals surface area contributed by atoms with Gasteiger partial charge in [-0.3, -0.25) is 0 Å². The molecule has 3 saturated heterocycles. The zero-order chi connectivity index (χ0) is 31.0. The summed E-state index contributed by atoms with van der Waals surface area (Å²) in [4.78, 5) is 52.2. The van der Waals surface area contributed by atoms with Gasteiger partial charge in [0, 0.05) is 0 Å². The number of carboxylic acids is 1. The molecule has 230 valence electrons. The molecule has 0 aromatic heterocycles. The first-order valence-corrected chi connectivity index (χ1v) is 13.6. The van der Waals surface area contributed by atoms with Gasteiger partial charge in [0.1, 0.15) is 18.8 Å². The van der Waals surface area contributed by atoms with Crippen LogP contribution in [0.3, 0.4) is 0 Å². The van der Waals surface area contributed by atoms with Crippen LogP contribution in [-0.2, 0) is 47.5 Å². The molecule has 13 heteroatoms. The van der Waals surface area contributed by atoms with E-state index in [2.05, 4.69) is 0 Å². The van der Waals surface area contributed by atoms with Crippen LogP contribution >= 0.6 is 0 Å². The molecule has 43 heavy (non-hydrogen) atoms. The maximum atomic E-state index is 13.9. The van der Waals surface area contributed by atoms with Crippen LogP contribution in [0.4, 0.5) is 0 Å². The molecular formula is C30H32O13. The molecule has 0 amide bonds. The number of carbonyl (C=O) groups is 4. The Bertz CT molecular complexity index is 1360. The molecule has 0 bridgehead atoms. The number of aliphatic carboxylic acids is 1. The van der Waals surface area contributed by atoms with Gasteiger partial charge in [-0.1, -0.05) is 36.4 Å². The lowest BCUT2D eigenvalue weighted by atomic mass is 9.97. The summed E-state index contributed by atoms with van der Waals surface area (Å²) in [6.45, 7) is 6.45. The lowest BCUT2D eigenvalue weighted by Gasteiger charge is -2.43. The summed E-state index contributed by atoms with van der Waals surface area (Å²) >= 11 is 0. The zero-order valence-corrected chi connectivity index (χ0v) is 23.9. The van der Waals surface area contributed by atoms with Gasteiger partial charge in [-0.05, 0) is 52.0 Å². The summed E-state index contributed by atoms with van der Waals surface area (Å²) < 4.78 is 46.2. The van der Waals surface area contributed by atoms with E-state index >= 15 is 0 Å². The molecule has 5 rings (SSSR count). The molecule has 1 N–H and O–H groups in total. The van der Waals surface area contributed by atoms with Crippen LogP contribution in [0.5, 0.6) is 0 Å². The Morgan fingerprint density at radius 3 is 1.86 bits per heavy atom. The number of ether oxygens (including phenoxy) is 8. The summed E-state index contributed by atoms with van der Waals surface area (Å²) in [6, 6.07) is 15.1. The second kappa shape index (κ2) is 11.7. The molecule has 13 nitrogen and oxygen atoms in total. The van der Waals surface area contributed by atoms with E-state index in [1.54, 1.807) is 64.1 Å². The summed E-state index contributed by atoms with van der Waals surface area (Å²) in [5.74, 6) is -9.13. The van der Waals surface area contributed by atoms with Crippen LogP contribution in [0, 0.1) is 0 Å². The smallest absolute Gasteiger partial charge is 0.352 e. The van der Waals surface area contributed by atoms with Crippen molar-refractivity contribution in [3.8, 4) is 0 Å². The van der Waals surface area contributed by atoms with Crippen molar-refractivity contribution in [2.45, 2.75) is 75.6 Å². The van der Waals surface area contributed by atoms with Crippen molar-refractivity contribution in [3.05, 3.63) is 71.8 Å². The molecular weight excluding hydrogens is 568 g/mol. The van der Waals surface area contributed by atoms with Gasteiger partial charge >= 0.3 is 23.9 Å². The summed E-state index contributed by atoms with van der Waals surface area (Å²) in [7, 11) is 0. The third-order valence-corrected chi connectivity index (χ3v) is 6.97. The predicted octanol–water partition coefficient (Wildman–Crippen LogP) is 2.46. The Morgan fingerprint density at radius 1 is 0.791 bits per heavy atom. The molecule has 3 fully saturated rings. The highest BCUT2D eigenvalue weighted by atomic mass is 16.9. The molecule has 0 saturated carbocycles. The van der Waals surface area contributed by atoms with Crippen LogP contribution in [-0.4, -0.2) is 90.1 Å². The largest absolute Gasteiger partial charge is 0.478 e. The van der Waals surface area contributed by atoms with E-state index in [1.165, 1.54) is 24.3 Å². The second-order valence-electron chi connectivity index (χ2n) is 11.1. The van der Waals surface area contributed by atoms with Gasteiger partial charge < -0.3 is 43.0 Å². The first-order chi connectivity index (χ1) is 20.3. The SMILES string of the molecule is CC1(C)O[C@@H]2[C@@H](CO[C@]3(COC(C)(C)O3)[C@H]2OC(=O)[C@@H](OC(=O)c2ccccc2)[C@H](OC(=O)c2ccccc2)C(=O)O)O1. The van der Waals surface area contributed by atoms with Crippen molar-refractivity contribution in [3.63, 3.8) is 0 Å². The molecule has 1 spiro atoms.